The Balaban J connectivity index is 2.53. The molecule has 0 aliphatic carbocycles. The molecule has 0 spiro atoms. The number of hydrogen-bond donors (Lipinski definition) is 3. The zero-order chi connectivity index (χ0) is 12.1. The number of aliphatic carboxylic acids is 2. The molecule has 0 aromatic rings. The molecule has 2 rings (SSSR count). The number of rotatable bonds is 2. The summed E-state index contributed by atoms with van der Waals surface area (Å²) in [4.78, 5) is 34.0. The van der Waals surface area contributed by atoms with Crippen LogP contribution in [-0.2, 0) is 9.59 Å². The second-order valence-corrected chi connectivity index (χ2v) is 4.29. The topological polar surface area (TPSA) is 115 Å². The second-order valence-electron chi connectivity index (χ2n) is 4.29. The number of hydrogen-bond acceptors (Lipinski definition) is 3. The number of fused-ring (bicyclic) bond motifs is 2. The number of carboxylic acid groups (broad SMARTS) is 3. The van der Waals surface area contributed by atoms with E-state index in [4.69, 9.17) is 15.3 Å². The number of carboxylic acids is 2. The highest BCUT2D eigenvalue weighted by Crippen LogP contribution is 2.53. The largest absolute Gasteiger partial charge is 0.479 e. The van der Waals surface area contributed by atoms with Crippen molar-refractivity contribution in [2.45, 2.75) is 36.8 Å². The van der Waals surface area contributed by atoms with Gasteiger partial charge in [-0.25, -0.2) is 14.4 Å². The minimum absolute atomic E-state index is 0.0704. The Labute approximate surface area is 90.3 Å². The van der Waals surface area contributed by atoms with Gasteiger partial charge in [0.1, 0.15) is 11.1 Å². The van der Waals surface area contributed by atoms with Gasteiger partial charge < -0.3 is 15.3 Å². The molecule has 2 aliphatic heterocycles. The van der Waals surface area contributed by atoms with Crippen molar-refractivity contribution in [3.05, 3.63) is 0 Å². The molecule has 0 radical (unpaired) electrons. The molecule has 0 unspecified atom stereocenters. The average molecular weight is 229 g/mol. The molecule has 0 saturated carbocycles. The summed E-state index contributed by atoms with van der Waals surface area (Å²) in [6, 6.07) is 0. The van der Waals surface area contributed by atoms with Crippen molar-refractivity contribution in [3.8, 4) is 0 Å². The fraction of sp³-hybridized carbons (Fsp3) is 0.667. The SMILES string of the molecule is O=C(O)N1C2(C(=O)O)CCC1(C(=O)O)CC2. The summed E-state index contributed by atoms with van der Waals surface area (Å²) in [5.41, 5.74) is -3.07. The molecule has 1 amide bonds. The highest BCUT2D eigenvalue weighted by Gasteiger charge is 2.69. The molecule has 16 heavy (non-hydrogen) atoms. The Morgan fingerprint density at radius 1 is 0.812 bits per heavy atom. The Kier molecular flexibility index (Phi) is 1.92. The second kappa shape index (κ2) is 2.87. The molecular formula is C9H11NO6. The fourth-order valence-corrected chi connectivity index (χ4v) is 2.92. The van der Waals surface area contributed by atoms with Crippen molar-refractivity contribution in [3.63, 3.8) is 0 Å². The summed E-state index contributed by atoms with van der Waals surface area (Å²) in [5.74, 6) is -2.51. The molecule has 2 fully saturated rings. The first-order valence-electron chi connectivity index (χ1n) is 4.87. The monoisotopic (exact) mass is 229 g/mol. The lowest BCUT2D eigenvalue weighted by atomic mass is 9.82. The molecule has 7 heteroatoms. The van der Waals surface area contributed by atoms with Crippen molar-refractivity contribution >= 4 is 18.0 Å². The Bertz CT molecular complexity index is 351. The highest BCUT2D eigenvalue weighted by molar-refractivity contribution is 5.93. The maximum absolute atomic E-state index is 11.2. The van der Waals surface area contributed by atoms with Gasteiger partial charge in [0, 0.05) is 0 Å². The third-order valence-electron chi connectivity index (χ3n) is 3.75. The molecule has 3 N–H and O–H groups in total. The van der Waals surface area contributed by atoms with Gasteiger partial charge in [-0.1, -0.05) is 0 Å². The summed E-state index contributed by atoms with van der Waals surface area (Å²) < 4.78 is 0. The van der Waals surface area contributed by atoms with E-state index in [0.29, 0.717) is 4.90 Å². The van der Waals surface area contributed by atoms with Crippen LogP contribution >= 0.6 is 0 Å². The van der Waals surface area contributed by atoms with Crippen LogP contribution in [0.2, 0.25) is 0 Å². The Hall–Kier alpha value is -1.79. The number of carbonyl (C=O) groups is 3. The van der Waals surface area contributed by atoms with Crippen LogP contribution in [0.1, 0.15) is 25.7 Å². The first kappa shape index (κ1) is 10.7. The lowest BCUT2D eigenvalue weighted by Gasteiger charge is -2.31. The van der Waals surface area contributed by atoms with Gasteiger partial charge in [-0.2, -0.15) is 0 Å². The minimum Gasteiger partial charge on any atom is -0.479 e. The van der Waals surface area contributed by atoms with E-state index in [1.165, 1.54) is 0 Å². The lowest BCUT2D eigenvalue weighted by Crippen LogP contribution is -2.56. The van der Waals surface area contributed by atoms with Crippen LogP contribution in [0.25, 0.3) is 0 Å². The van der Waals surface area contributed by atoms with Crippen molar-refractivity contribution in [2.24, 2.45) is 0 Å². The van der Waals surface area contributed by atoms with Crippen molar-refractivity contribution in [2.75, 3.05) is 0 Å². The maximum Gasteiger partial charge on any atom is 0.409 e. The van der Waals surface area contributed by atoms with Gasteiger partial charge in [0.25, 0.3) is 0 Å². The summed E-state index contributed by atoms with van der Waals surface area (Å²) in [6.07, 6.45) is -1.19. The molecule has 0 aromatic carbocycles. The predicted molar refractivity (Wildman–Crippen MR) is 49.1 cm³/mol. The van der Waals surface area contributed by atoms with Gasteiger partial charge in [0.15, 0.2) is 0 Å². The molecule has 7 nitrogen and oxygen atoms in total. The normalized spacial score (nSPS) is 36.4. The van der Waals surface area contributed by atoms with Crippen LogP contribution < -0.4 is 0 Å². The van der Waals surface area contributed by atoms with E-state index in [0.717, 1.165) is 0 Å². The van der Waals surface area contributed by atoms with Crippen molar-refractivity contribution in [1.82, 2.24) is 4.90 Å². The van der Waals surface area contributed by atoms with Crippen molar-refractivity contribution < 1.29 is 29.7 Å². The van der Waals surface area contributed by atoms with E-state index < -0.39 is 29.1 Å². The summed E-state index contributed by atoms with van der Waals surface area (Å²) in [5, 5.41) is 27.2. The third kappa shape index (κ3) is 0.949. The zero-order valence-corrected chi connectivity index (χ0v) is 8.34. The number of amides is 1. The smallest absolute Gasteiger partial charge is 0.409 e. The Morgan fingerprint density at radius 3 is 1.31 bits per heavy atom. The van der Waals surface area contributed by atoms with E-state index in [9.17, 15) is 14.4 Å². The van der Waals surface area contributed by atoms with E-state index >= 15 is 0 Å². The van der Waals surface area contributed by atoms with Gasteiger partial charge in [-0.3, -0.25) is 4.90 Å². The van der Waals surface area contributed by atoms with Crippen LogP contribution in [0, 0.1) is 0 Å². The van der Waals surface area contributed by atoms with Gasteiger partial charge in [0.05, 0.1) is 0 Å². The molecule has 0 aromatic heterocycles. The zero-order valence-electron chi connectivity index (χ0n) is 8.34. The molecule has 2 saturated heterocycles. The summed E-state index contributed by atoms with van der Waals surface area (Å²) in [7, 11) is 0. The standard InChI is InChI=1S/C9H11NO6/c11-5(12)8-1-2-9(4-3-8,6(13)14)10(8)7(15)16/h1-4H2,(H,11,12)(H,13,14)(H,15,16). The third-order valence-corrected chi connectivity index (χ3v) is 3.75. The fourth-order valence-electron chi connectivity index (χ4n) is 2.92. The summed E-state index contributed by atoms with van der Waals surface area (Å²) >= 11 is 0. The highest BCUT2D eigenvalue weighted by atomic mass is 16.4. The van der Waals surface area contributed by atoms with E-state index in [1.54, 1.807) is 0 Å². The van der Waals surface area contributed by atoms with Gasteiger partial charge in [-0.05, 0) is 25.7 Å². The molecular weight excluding hydrogens is 218 g/mol. The quantitative estimate of drug-likeness (QED) is 0.623. The van der Waals surface area contributed by atoms with Crippen molar-refractivity contribution in [1.29, 1.82) is 0 Å². The summed E-state index contributed by atoms with van der Waals surface area (Å²) in [6.45, 7) is 0. The molecule has 2 aliphatic rings. The predicted octanol–water partition coefficient (Wildman–Crippen LogP) is 0.201. The Morgan fingerprint density at radius 2 is 1.12 bits per heavy atom. The molecule has 0 atom stereocenters. The lowest BCUT2D eigenvalue weighted by molar-refractivity contribution is -0.152. The average Bonchev–Trinajstić information content (AvgIpc) is 2.69. The van der Waals surface area contributed by atoms with Crippen LogP contribution in [-0.4, -0.2) is 49.3 Å². The molecule has 88 valence electrons. The first-order valence-corrected chi connectivity index (χ1v) is 4.87. The van der Waals surface area contributed by atoms with E-state index in [2.05, 4.69) is 0 Å². The molecule has 2 bridgehead atoms. The first-order chi connectivity index (χ1) is 7.37. The van der Waals surface area contributed by atoms with Crippen LogP contribution in [0.4, 0.5) is 4.79 Å². The van der Waals surface area contributed by atoms with Crippen LogP contribution in [0.15, 0.2) is 0 Å². The van der Waals surface area contributed by atoms with Crippen LogP contribution in [0.3, 0.4) is 0 Å². The maximum atomic E-state index is 11.2. The van der Waals surface area contributed by atoms with E-state index in [-0.39, 0.29) is 25.7 Å². The number of nitrogens with zero attached hydrogens (tertiary/aromatic N) is 1. The van der Waals surface area contributed by atoms with Gasteiger partial charge >= 0.3 is 18.0 Å². The minimum atomic E-state index is -1.54. The van der Waals surface area contributed by atoms with Crippen LogP contribution in [0.5, 0.6) is 0 Å². The van der Waals surface area contributed by atoms with Gasteiger partial charge in [0.2, 0.25) is 0 Å². The van der Waals surface area contributed by atoms with Gasteiger partial charge in [-0.15, -0.1) is 0 Å². The molecule has 2 heterocycles. The van der Waals surface area contributed by atoms with E-state index in [1.807, 2.05) is 0 Å².